The monoisotopic (exact) mass is 233 g/mol. The Bertz CT molecular complexity index is 343. The van der Waals surface area contributed by atoms with E-state index in [9.17, 15) is 0 Å². The Morgan fingerprint density at radius 1 is 1.35 bits per heavy atom. The predicted octanol–water partition coefficient (Wildman–Crippen LogP) is 2.43. The van der Waals surface area contributed by atoms with Gasteiger partial charge in [-0.1, -0.05) is 19.9 Å². The highest BCUT2D eigenvalue weighted by Crippen LogP contribution is 2.21. The van der Waals surface area contributed by atoms with E-state index in [0.29, 0.717) is 5.92 Å². The topological polar surface area (TPSA) is 28.2 Å². The second kappa shape index (κ2) is 6.01. The minimum absolute atomic E-state index is 0.696. The van der Waals surface area contributed by atoms with Gasteiger partial charge < -0.3 is 10.2 Å². The van der Waals surface area contributed by atoms with Gasteiger partial charge >= 0.3 is 0 Å². The SMILES string of the molecule is CC(C)CNCc1cccnc1N1CCCC1. The average molecular weight is 233 g/mol. The van der Waals surface area contributed by atoms with Gasteiger partial charge in [-0.2, -0.15) is 0 Å². The lowest BCUT2D eigenvalue weighted by Crippen LogP contribution is -2.24. The molecule has 3 heteroatoms. The lowest BCUT2D eigenvalue weighted by atomic mass is 10.2. The summed E-state index contributed by atoms with van der Waals surface area (Å²) in [6.07, 6.45) is 4.50. The highest BCUT2D eigenvalue weighted by molar-refractivity contribution is 5.47. The molecule has 0 unspecified atom stereocenters. The van der Waals surface area contributed by atoms with Crippen molar-refractivity contribution in [2.24, 2.45) is 5.92 Å². The maximum absolute atomic E-state index is 4.54. The molecule has 0 radical (unpaired) electrons. The summed E-state index contributed by atoms with van der Waals surface area (Å²) in [4.78, 5) is 6.95. The zero-order chi connectivity index (χ0) is 12.1. The second-order valence-corrected chi connectivity index (χ2v) is 5.21. The number of aromatic nitrogens is 1. The minimum Gasteiger partial charge on any atom is -0.356 e. The molecule has 0 atom stereocenters. The molecule has 0 aliphatic carbocycles. The first-order chi connectivity index (χ1) is 8.27. The normalized spacial score (nSPS) is 15.8. The molecule has 0 spiro atoms. The number of hydrogen-bond donors (Lipinski definition) is 1. The van der Waals surface area contributed by atoms with E-state index in [2.05, 4.69) is 35.1 Å². The standard InChI is InChI=1S/C14H23N3/c1-12(2)10-15-11-13-6-5-7-16-14(13)17-8-3-4-9-17/h5-7,12,15H,3-4,8-11H2,1-2H3. The van der Waals surface area contributed by atoms with Gasteiger partial charge in [-0.3, -0.25) is 0 Å². The number of nitrogens with one attached hydrogen (secondary N) is 1. The van der Waals surface area contributed by atoms with Crippen LogP contribution >= 0.6 is 0 Å². The van der Waals surface area contributed by atoms with E-state index in [1.165, 1.54) is 24.2 Å². The molecule has 1 aliphatic rings. The van der Waals surface area contributed by atoms with Crippen LogP contribution in [0.1, 0.15) is 32.3 Å². The van der Waals surface area contributed by atoms with Crippen molar-refractivity contribution >= 4 is 5.82 Å². The zero-order valence-corrected chi connectivity index (χ0v) is 10.9. The molecule has 2 heterocycles. The molecule has 1 aromatic rings. The molecule has 1 aromatic heterocycles. The summed E-state index contributed by atoms with van der Waals surface area (Å²) in [5.41, 5.74) is 1.33. The largest absolute Gasteiger partial charge is 0.356 e. The number of pyridine rings is 1. The Hall–Kier alpha value is -1.09. The van der Waals surface area contributed by atoms with Crippen LogP contribution in [0.4, 0.5) is 5.82 Å². The third-order valence-corrected chi connectivity index (χ3v) is 3.14. The summed E-state index contributed by atoms with van der Waals surface area (Å²) in [5.74, 6) is 1.88. The number of hydrogen-bond acceptors (Lipinski definition) is 3. The van der Waals surface area contributed by atoms with Gasteiger partial charge in [0.1, 0.15) is 5.82 Å². The Labute approximate surface area is 104 Å². The lowest BCUT2D eigenvalue weighted by Gasteiger charge is -2.20. The van der Waals surface area contributed by atoms with Crippen molar-refractivity contribution < 1.29 is 0 Å². The first kappa shape index (κ1) is 12.4. The van der Waals surface area contributed by atoms with E-state index in [0.717, 1.165) is 26.2 Å². The average Bonchev–Trinajstić information content (AvgIpc) is 2.82. The third-order valence-electron chi connectivity index (χ3n) is 3.14. The third kappa shape index (κ3) is 3.43. The zero-order valence-electron chi connectivity index (χ0n) is 10.9. The van der Waals surface area contributed by atoms with Gasteiger partial charge in [0, 0.05) is 31.4 Å². The molecule has 1 N–H and O–H groups in total. The molecule has 2 rings (SSSR count). The molecule has 1 aliphatic heterocycles. The lowest BCUT2D eigenvalue weighted by molar-refractivity contribution is 0.551. The Morgan fingerprint density at radius 3 is 2.82 bits per heavy atom. The van der Waals surface area contributed by atoms with Crippen LogP contribution in [-0.2, 0) is 6.54 Å². The molecule has 3 nitrogen and oxygen atoms in total. The molecule has 0 bridgehead atoms. The highest BCUT2D eigenvalue weighted by atomic mass is 15.2. The van der Waals surface area contributed by atoms with E-state index in [1.54, 1.807) is 0 Å². The molecule has 1 saturated heterocycles. The van der Waals surface area contributed by atoms with Crippen molar-refractivity contribution in [3.8, 4) is 0 Å². The molecular formula is C14H23N3. The smallest absolute Gasteiger partial charge is 0.133 e. The van der Waals surface area contributed by atoms with E-state index in [1.807, 2.05) is 12.3 Å². The van der Waals surface area contributed by atoms with Crippen LogP contribution in [0.15, 0.2) is 18.3 Å². The van der Waals surface area contributed by atoms with Crippen molar-refractivity contribution in [1.29, 1.82) is 0 Å². The Balaban J connectivity index is 2.00. The van der Waals surface area contributed by atoms with Crippen LogP contribution in [0.3, 0.4) is 0 Å². The summed E-state index contributed by atoms with van der Waals surface area (Å²) in [6, 6.07) is 4.22. The maximum Gasteiger partial charge on any atom is 0.133 e. The van der Waals surface area contributed by atoms with Gasteiger partial charge in [-0.15, -0.1) is 0 Å². The van der Waals surface area contributed by atoms with Crippen LogP contribution < -0.4 is 10.2 Å². The first-order valence-electron chi connectivity index (χ1n) is 6.67. The summed E-state index contributed by atoms with van der Waals surface area (Å²) < 4.78 is 0. The van der Waals surface area contributed by atoms with Crippen molar-refractivity contribution in [2.75, 3.05) is 24.5 Å². The van der Waals surface area contributed by atoms with Gasteiger partial charge in [-0.05, 0) is 31.4 Å². The second-order valence-electron chi connectivity index (χ2n) is 5.21. The number of rotatable bonds is 5. The van der Waals surface area contributed by atoms with Gasteiger partial charge in [0.25, 0.3) is 0 Å². The Morgan fingerprint density at radius 2 is 2.12 bits per heavy atom. The molecular weight excluding hydrogens is 210 g/mol. The molecule has 0 amide bonds. The van der Waals surface area contributed by atoms with Crippen molar-refractivity contribution in [3.05, 3.63) is 23.9 Å². The molecule has 0 aromatic carbocycles. The van der Waals surface area contributed by atoms with Crippen molar-refractivity contribution in [2.45, 2.75) is 33.2 Å². The number of nitrogens with zero attached hydrogens (tertiary/aromatic N) is 2. The fourth-order valence-corrected chi connectivity index (χ4v) is 2.28. The van der Waals surface area contributed by atoms with Crippen LogP contribution in [0, 0.1) is 5.92 Å². The van der Waals surface area contributed by atoms with Crippen molar-refractivity contribution in [1.82, 2.24) is 10.3 Å². The highest BCUT2D eigenvalue weighted by Gasteiger charge is 2.16. The summed E-state index contributed by atoms with van der Waals surface area (Å²) in [7, 11) is 0. The minimum atomic E-state index is 0.696. The van der Waals surface area contributed by atoms with Crippen LogP contribution in [0.5, 0.6) is 0 Å². The van der Waals surface area contributed by atoms with Crippen molar-refractivity contribution in [3.63, 3.8) is 0 Å². The van der Waals surface area contributed by atoms with Gasteiger partial charge in [0.15, 0.2) is 0 Å². The Kier molecular flexibility index (Phi) is 4.37. The number of anilines is 1. The summed E-state index contributed by atoms with van der Waals surface area (Å²) >= 11 is 0. The van der Waals surface area contributed by atoms with E-state index < -0.39 is 0 Å². The summed E-state index contributed by atoms with van der Waals surface area (Å²) in [6.45, 7) is 8.78. The van der Waals surface area contributed by atoms with Gasteiger partial charge in [0.05, 0.1) is 0 Å². The fourth-order valence-electron chi connectivity index (χ4n) is 2.28. The molecule has 0 saturated carbocycles. The van der Waals surface area contributed by atoms with Crippen LogP contribution in [0.2, 0.25) is 0 Å². The van der Waals surface area contributed by atoms with Crippen LogP contribution in [-0.4, -0.2) is 24.6 Å². The van der Waals surface area contributed by atoms with E-state index >= 15 is 0 Å². The molecule has 1 fully saturated rings. The van der Waals surface area contributed by atoms with Gasteiger partial charge in [0.2, 0.25) is 0 Å². The predicted molar refractivity (Wildman–Crippen MR) is 72.2 cm³/mol. The van der Waals surface area contributed by atoms with E-state index in [-0.39, 0.29) is 0 Å². The molecule has 17 heavy (non-hydrogen) atoms. The quantitative estimate of drug-likeness (QED) is 0.846. The maximum atomic E-state index is 4.54. The van der Waals surface area contributed by atoms with Crippen LogP contribution in [0.25, 0.3) is 0 Å². The van der Waals surface area contributed by atoms with Gasteiger partial charge in [-0.25, -0.2) is 4.98 Å². The first-order valence-corrected chi connectivity index (χ1v) is 6.67. The summed E-state index contributed by atoms with van der Waals surface area (Å²) in [5, 5.41) is 3.50. The fraction of sp³-hybridized carbons (Fsp3) is 0.643. The molecule has 94 valence electrons. The van der Waals surface area contributed by atoms with E-state index in [4.69, 9.17) is 0 Å².